The van der Waals surface area contributed by atoms with Crippen LogP contribution in [0.25, 0.3) is 11.1 Å². The molecule has 0 bridgehead atoms. The molecule has 0 amide bonds. The highest BCUT2D eigenvalue weighted by atomic mass is 127. The summed E-state index contributed by atoms with van der Waals surface area (Å²) in [7, 11) is 0. The van der Waals surface area contributed by atoms with E-state index in [4.69, 9.17) is 0 Å². The molecule has 1 aliphatic rings. The van der Waals surface area contributed by atoms with Crippen molar-refractivity contribution >= 4 is 0 Å². The second-order valence-corrected chi connectivity index (χ2v) is 6.03. The number of hydrogen-bond donors (Lipinski definition) is 0. The summed E-state index contributed by atoms with van der Waals surface area (Å²) in [6.45, 7) is 0. The van der Waals surface area contributed by atoms with E-state index in [0.29, 0.717) is 0 Å². The first-order chi connectivity index (χ1) is 6.86. The van der Waals surface area contributed by atoms with Gasteiger partial charge in [0.05, 0.1) is 5.56 Å². The molecule has 2 heteroatoms. The van der Waals surface area contributed by atoms with Crippen LogP contribution in [-0.2, 0) is 0 Å². The van der Waals surface area contributed by atoms with Crippen LogP contribution in [0, 0.1) is 13.0 Å². The number of hydrogen-bond acceptors (Lipinski definition) is 0. The van der Waals surface area contributed by atoms with Crippen LogP contribution in [0.15, 0.2) is 42.5 Å². The molecule has 0 spiro atoms. The zero-order valence-corrected chi connectivity index (χ0v) is 9.45. The van der Waals surface area contributed by atoms with Crippen molar-refractivity contribution in [2.24, 2.45) is 0 Å². The monoisotopic (exact) mass is 297 g/mol. The molecule has 0 saturated heterocycles. The molecule has 68 valence electrons. The van der Waals surface area contributed by atoms with Crippen LogP contribution in [0.4, 0.5) is 4.39 Å². The summed E-state index contributed by atoms with van der Waals surface area (Å²) in [4.78, 5) is 0. The predicted molar refractivity (Wildman–Crippen MR) is 49.2 cm³/mol. The summed E-state index contributed by atoms with van der Waals surface area (Å²) in [6.07, 6.45) is 0. The first kappa shape index (κ1) is 8.41. The van der Waals surface area contributed by atoms with Crippen LogP contribution in [-0.4, -0.2) is 0 Å². The molecular formula is C12H7FI+. The third-order valence-electron chi connectivity index (χ3n) is 2.31. The Morgan fingerprint density at radius 1 is 0.857 bits per heavy atom. The summed E-state index contributed by atoms with van der Waals surface area (Å²) >= 11 is -0.154. The third-order valence-corrected chi connectivity index (χ3v) is 5.31. The molecule has 0 unspecified atom stereocenters. The molecule has 1 heterocycles. The predicted octanol–water partition coefficient (Wildman–Crippen LogP) is -0.0655. The molecule has 0 aliphatic carbocycles. The Kier molecular flexibility index (Phi) is 1.83. The molecule has 0 saturated carbocycles. The van der Waals surface area contributed by atoms with Crippen LogP contribution in [0.1, 0.15) is 0 Å². The van der Waals surface area contributed by atoms with Gasteiger partial charge in [-0.2, -0.15) is 0 Å². The Labute approximate surface area is 92.0 Å². The minimum atomic E-state index is -0.154. The number of rotatable bonds is 0. The van der Waals surface area contributed by atoms with Crippen molar-refractivity contribution in [2.45, 2.75) is 0 Å². The van der Waals surface area contributed by atoms with E-state index < -0.39 is 0 Å². The fraction of sp³-hybridized carbons (Fsp3) is 0. The highest BCUT2D eigenvalue weighted by molar-refractivity contribution is 5.65. The van der Waals surface area contributed by atoms with Gasteiger partial charge in [0, 0.05) is 5.56 Å². The fourth-order valence-electron chi connectivity index (χ4n) is 1.69. The van der Waals surface area contributed by atoms with Gasteiger partial charge in [0.1, 0.15) is 5.82 Å². The largest absolute Gasteiger partial charge is 0.359 e. The zero-order valence-electron chi connectivity index (χ0n) is 7.30. The van der Waals surface area contributed by atoms with E-state index in [-0.39, 0.29) is 27.0 Å². The smallest absolute Gasteiger partial charge is 0.206 e. The molecule has 3 rings (SSSR count). The first-order valence-electron chi connectivity index (χ1n) is 4.39. The summed E-state index contributed by atoms with van der Waals surface area (Å²) in [5, 5.41) is 0. The van der Waals surface area contributed by atoms with Gasteiger partial charge in [-0.1, -0.05) is 18.2 Å². The highest BCUT2D eigenvalue weighted by Crippen LogP contribution is 2.24. The second-order valence-electron chi connectivity index (χ2n) is 3.17. The minimum absolute atomic E-state index is 0.0767. The Bertz CT molecular complexity index is 505. The molecule has 1 aliphatic heterocycles. The van der Waals surface area contributed by atoms with Gasteiger partial charge >= 0.3 is 21.2 Å². The Morgan fingerprint density at radius 2 is 1.64 bits per heavy atom. The summed E-state index contributed by atoms with van der Waals surface area (Å²) < 4.78 is 16.1. The van der Waals surface area contributed by atoms with E-state index in [1.807, 2.05) is 24.3 Å². The molecule has 0 N–H and O–H groups in total. The number of benzene rings is 2. The van der Waals surface area contributed by atoms with Gasteiger partial charge in [-0.25, -0.2) is 4.39 Å². The van der Waals surface area contributed by atoms with Crippen molar-refractivity contribution in [1.29, 1.82) is 0 Å². The molecule has 2 aromatic carbocycles. The van der Waals surface area contributed by atoms with E-state index in [1.165, 1.54) is 7.14 Å². The summed E-state index contributed by atoms with van der Waals surface area (Å²) in [5.74, 6) is -0.0767. The maximum Gasteiger partial charge on any atom is 0.359 e. The molecule has 14 heavy (non-hydrogen) atoms. The molecule has 0 atom stereocenters. The lowest BCUT2D eigenvalue weighted by Crippen LogP contribution is -3.61. The van der Waals surface area contributed by atoms with Crippen LogP contribution in [0.5, 0.6) is 0 Å². The van der Waals surface area contributed by atoms with Crippen molar-refractivity contribution in [2.75, 3.05) is 0 Å². The van der Waals surface area contributed by atoms with Crippen LogP contribution >= 0.6 is 0 Å². The molecular weight excluding hydrogens is 290 g/mol. The Balaban J connectivity index is 2.35. The quantitative estimate of drug-likeness (QED) is 0.510. The van der Waals surface area contributed by atoms with E-state index in [0.717, 1.165) is 11.1 Å². The van der Waals surface area contributed by atoms with Gasteiger partial charge in [0.25, 0.3) is 0 Å². The maximum absolute atomic E-state index is 13.6. The van der Waals surface area contributed by atoms with E-state index in [2.05, 4.69) is 6.07 Å². The summed E-state index contributed by atoms with van der Waals surface area (Å²) in [6, 6.07) is 13.5. The number of fused-ring (bicyclic) bond motifs is 3. The number of halogens is 2. The lowest BCUT2D eigenvalue weighted by atomic mass is 10.1. The summed E-state index contributed by atoms with van der Waals surface area (Å²) in [5.41, 5.74) is 1.95. The third kappa shape index (κ3) is 1.10. The van der Waals surface area contributed by atoms with Gasteiger partial charge in [-0.3, -0.25) is 0 Å². The van der Waals surface area contributed by atoms with Crippen LogP contribution < -0.4 is 21.2 Å². The zero-order chi connectivity index (χ0) is 9.54. The van der Waals surface area contributed by atoms with E-state index >= 15 is 0 Å². The van der Waals surface area contributed by atoms with Crippen LogP contribution in [0.2, 0.25) is 0 Å². The Morgan fingerprint density at radius 3 is 2.57 bits per heavy atom. The van der Waals surface area contributed by atoms with Crippen molar-refractivity contribution in [3.63, 3.8) is 0 Å². The first-order valence-corrected chi connectivity index (χ1v) is 6.55. The second kappa shape index (κ2) is 3.05. The maximum atomic E-state index is 13.6. The standard InChI is InChI=1S/C12H7FI/c13-9-5-3-7-11-12(9)8-4-1-2-6-10(8)14-11/h1-7H/q+1. The molecule has 0 fully saturated rings. The van der Waals surface area contributed by atoms with Gasteiger partial charge < -0.3 is 0 Å². The fourth-order valence-corrected chi connectivity index (χ4v) is 4.65. The van der Waals surface area contributed by atoms with Gasteiger partial charge in [-0.15, -0.1) is 0 Å². The minimum Gasteiger partial charge on any atom is -0.206 e. The lowest BCUT2D eigenvalue weighted by molar-refractivity contribution is -0.590. The normalized spacial score (nSPS) is 12.4. The lowest BCUT2D eigenvalue weighted by Gasteiger charge is -1.95. The average Bonchev–Trinajstić information content (AvgIpc) is 2.57. The average molecular weight is 297 g/mol. The van der Waals surface area contributed by atoms with Crippen molar-refractivity contribution < 1.29 is 25.6 Å². The van der Waals surface area contributed by atoms with E-state index in [1.54, 1.807) is 12.1 Å². The topological polar surface area (TPSA) is 0 Å². The van der Waals surface area contributed by atoms with Gasteiger partial charge in [0.2, 0.25) is 7.14 Å². The molecule has 0 aromatic heterocycles. The molecule has 0 radical (unpaired) electrons. The molecule has 2 aromatic rings. The van der Waals surface area contributed by atoms with E-state index in [9.17, 15) is 4.39 Å². The van der Waals surface area contributed by atoms with Crippen LogP contribution in [0.3, 0.4) is 0 Å². The van der Waals surface area contributed by atoms with Crippen molar-refractivity contribution in [3.05, 3.63) is 55.4 Å². The van der Waals surface area contributed by atoms with Gasteiger partial charge in [0.15, 0.2) is 0 Å². The Hall–Kier alpha value is -0.900. The van der Waals surface area contributed by atoms with Crippen molar-refractivity contribution in [3.8, 4) is 11.1 Å². The van der Waals surface area contributed by atoms with Crippen molar-refractivity contribution in [1.82, 2.24) is 0 Å². The highest BCUT2D eigenvalue weighted by Gasteiger charge is 2.34. The SMILES string of the molecule is Fc1cccc2c1-c1ccccc1[I+]2. The van der Waals surface area contributed by atoms with Gasteiger partial charge in [-0.05, 0) is 24.3 Å². The molecule has 0 nitrogen and oxygen atoms in total.